The lowest BCUT2D eigenvalue weighted by Gasteiger charge is -2.22. The molecule has 0 atom stereocenters. The summed E-state index contributed by atoms with van der Waals surface area (Å²) in [5.41, 5.74) is 1.96. The normalized spacial score (nSPS) is 16.9. The first-order chi connectivity index (χ1) is 9.79. The van der Waals surface area contributed by atoms with E-state index in [2.05, 4.69) is 21.8 Å². The van der Waals surface area contributed by atoms with E-state index in [1.807, 2.05) is 18.2 Å². The fraction of sp³-hybridized carbons (Fsp3) is 0.533. The Hall–Kier alpha value is -1.10. The van der Waals surface area contributed by atoms with Crippen LogP contribution in [-0.4, -0.2) is 28.7 Å². The number of hydrogen-bond donors (Lipinski definition) is 1. The quantitative estimate of drug-likeness (QED) is 0.942. The Bertz CT molecular complexity index is 590. The summed E-state index contributed by atoms with van der Waals surface area (Å²) in [5.74, 6) is 0.967. The predicted molar refractivity (Wildman–Crippen MR) is 81.1 cm³/mol. The molecule has 0 bridgehead atoms. The summed E-state index contributed by atoms with van der Waals surface area (Å²) in [6, 6.07) is 5.85. The number of aryl methyl sites for hydroxylation is 1. The van der Waals surface area contributed by atoms with Gasteiger partial charge in [0.05, 0.1) is 22.2 Å². The summed E-state index contributed by atoms with van der Waals surface area (Å²) < 4.78 is 8.17. The van der Waals surface area contributed by atoms with Gasteiger partial charge < -0.3 is 14.6 Å². The minimum atomic E-state index is 0.344. The molecular weight excluding hydrogens is 274 g/mol. The summed E-state index contributed by atoms with van der Waals surface area (Å²) in [4.78, 5) is 4.67. The summed E-state index contributed by atoms with van der Waals surface area (Å²) in [5, 5.41) is 4.10. The number of nitrogens with one attached hydrogen (secondary N) is 1. The molecule has 1 saturated heterocycles. The Balaban J connectivity index is 1.81. The number of imidazole rings is 1. The maximum atomic E-state index is 6.29. The predicted octanol–water partition coefficient (Wildman–Crippen LogP) is 2.98. The molecule has 0 aliphatic carbocycles. The topological polar surface area (TPSA) is 39.1 Å². The first-order valence-electron chi connectivity index (χ1n) is 7.25. The lowest BCUT2D eigenvalue weighted by Crippen LogP contribution is -2.32. The molecule has 0 radical (unpaired) electrons. The third-order valence-electron chi connectivity index (χ3n) is 3.85. The molecule has 5 heteroatoms. The monoisotopic (exact) mass is 293 g/mol. The summed E-state index contributed by atoms with van der Waals surface area (Å²) in [6.07, 6.45) is 2.50. The van der Waals surface area contributed by atoms with E-state index in [9.17, 15) is 0 Å². The van der Waals surface area contributed by atoms with Crippen LogP contribution in [0, 0.1) is 0 Å². The largest absolute Gasteiger partial charge is 0.370 e. The van der Waals surface area contributed by atoms with Crippen molar-refractivity contribution in [1.29, 1.82) is 0 Å². The number of nitrogens with zero attached hydrogens (tertiary/aromatic N) is 2. The maximum absolute atomic E-state index is 6.29. The van der Waals surface area contributed by atoms with E-state index in [-0.39, 0.29) is 0 Å². The number of aromatic nitrogens is 2. The summed E-state index contributed by atoms with van der Waals surface area (Å²) >= 11 is 6.29. The van der Waals surface area contributed by atoms with Crippen LogP contribution in [0.4, 0.5) is 0 Å². The molecule has 1 fully saturated rings. The third-order valence-corrected chi connectivity index (χ3v) is 4.15. The molecule has 1 aliphatic heterocycles. The van der Waals surface area contributed by atoms with Gasteiger partial charge in [-0.1, -0.05) is 17.7 Å². The van der Waals surface area contributed by atoms with Crippen LogP contribution in [0.2, 0.25) is 5.02 Å². The Morgan fingerprint density at radius 2 is 2.20 bits per heavy atom. The Morgan fingerprint density at radius 3 is 2.95 bits per heavy atom. The van der Waals surface area contributed by atoms with Gasteiger partial charge in [0.25, 0.3) is 0 Å². The number of ether oxygens (including phenoxy) is 1. The molecule has 2 aromatic rings. The van der Waals surface area contributed by atoms with Gasteiger partial charge in [-0.3, -0.25) is 0 Å². The van der Waals surface area contributed by atoms with Crippen molar-refractivity contribution in [1.82, 2.24) is 14.9 Å². The highest BCUT2D eigenvalue weighted by Crippen LogP contribution is 2.25. The molecule has 0 unspecified atom stereocenters. The van der Waals surface area contributed by atoms with Crippen LogP contribution < -0.4 is 5.32 Å². The number of piperidine rings is 1. The van der Waals surface area contributed by atoms with Gasteiger partial charge in [0.1, 0.15) is 12.4 Å². The zero-order valence-electron chi connectivity index (χ0n) is 11.7. The van der Waals surface area contributed by atoms with E-state index in [0.29, 0.717) is 12.7 Å². The highest BCUT2D eigenvalue weighted by molar-refractivity contribution is 6.35. The first-order valence-corrected chi connectivity index (χ1v) is 7.63. The number of hydrogen-bond acceptors (Lipinski definition) is 3. The van der Waals surface area contributed by atoms with Crippen LogP contribution in [0.25, 0.3) is 11.0 Å². The smallest absolute Gasteiger partial charge is 0.136 e. The minimum absolute atomic E-state index is 0.344. The van der Waals surface area contributed by atoms with Crippen molar-refractivity contribution in [2.24, 2.45) is 0 Å². The Kier molecular flexibility index (Phi) is 4.24. The van der Waals surface area contributed by atoms with Crippen LogP contribution in [-0.2, 0) is 17.9 Å². The highest BCUT2D eigenvalue weighted by Gasteiger charge is 2.16. The molecule has 20 heavy (non-hydrogen) atoms. The summed E-state index contributed by atoms with van der Waals surface area (Å²) in [6.45, 7) is 5.61. The molecule has 1 aromatic carbocycles. The second kappa shape index (κ2) is 6.12. The minimum Gasteiger partial charge on any atom is -0.370 e. The van der Waals surface area contributed by atoms with Gasteiger partial charge in [-0.05, 0) is 45.0 Å². The fourth-order valence-electron chi connectivity index (χ4n) is 2.80. The standard InChI is InChI=1S/C15H20ClN3O/c1-2-19-14(10-20-11-6-8-17-9-7-11)18-13-5-3-4-12(16)15(13)19/h3-5,11,17H,2,6-10H2,1H3. The van der Waals surface area contributed by atoms with Crippen LogP contribution in [0.5, 0.6) is 0 Å². The van der Waals surface area contributed by atoms with E-state index >= 15 is 0 Å². The van der Waals surface area contributed by atoms with Crippen LogP contribution in [0.15, 0.2) is 18.2 Å². The van der Waals surface area contributed by atoms with Crippen molar-refractivity contribution in [2.75, 3.05) is 13.1 Å². The van der Waals surface area contributed by atoms with E-state index < -0.39 is 0 Å². The van der Waals surface area contributed by atoms with E-state index in [1.54, 1.807) is 0 Å². The van der Waals surface area contributed by atoms with Gasteiger partial charge in [0.15, 0.2) is 0 Å². The zero-order chi connectivity index (χ0) is 13.9. The van der Waals surface area contributed by atoms with Crippen molar-refractivity contribution in [3.63, 3.8) is 0 Å². The fourth-order valence-corrected chi connectivity index (χ4v) is 3.07. The second-order valence-electron chi connectivity index (χ2n) is 5.14. The van der Waals surface area contributed by atoms with Crippen LogP contribution in [0.3, 0.4) is 0 Å². The van der Waals surface area contributed by atoms with Crippen LogP contribution in [0.1, 0.15) is 25.6 Å². The SMILES string of the molecule is CCn1c(COC2CCNCC2)nc2cccc(Cl)c21. The lowest BCUT2D eigenvalue weighted by molar-refractivity contribution is 0.0167. The third kappa shape index (κ3) is 2.68. The van der Waals surface area contributed by atoms with E-state index in [4.69, 9.17) is 16.3 Å². The van der Waals surface area contributed by atoms with Crippen molar-refractivity contribution >= 4 is 22.6 Å². The van der Waals surface area contributed by atoms with Gasteiger partial charge in [0.2, 0.25) is 0 Å². The molecule has 1 N–H and O–H groups in total. The Labute approximate surface area is 124 Å². The number of fused-ring (bicyclic) bond motifs is 1. The number of rotatable bonds is 4. The molecule has 108 valence electrons. The average molecular weight is 294 g/mol. The van der Waals surface area contributed by atoms with Crippen molar-refractivity contribution in [2.45, 2.75) is 39.0 Å². The molecule has 4 nitrogen and oxygen atoms in total. The molecule has 0 spiro atoms. The maximum Gasteiger partial charge on any atom is 0.136 e. The zero-order valence-corrected chi connectivity index (χ0v) is 12.5. The molecule has 1 aliphatic rings. The number of halogens is 1. The first kappa shape index (κ1) is 13.9. The number of para-hydroxylation sites is 1. The van der Waals surface area contributed by atoms with Gasteiger partial charge in [-0.2, -0.15) is 0 Å². The van der Waals surface area contributed by atoms with Crippen molar-refractivity contribution < 1.29 is 4.74 Å². The number of benzene rings is 1. The van der Waals surface area contributed by atoms with Crippen LogP contribution >= 0.6 is 11.6 Å². The molecule has 3 rings (SSSR count). The Morgan fingerprint density at radius 1 is 1.40 bits per heavy atom. The molecule has 1 aromatic heterocycles. The molecular formula is C15H20ClN3O. The van der Waals surface area contributed by atoms with E-state index in [1.165, 1.54) is 0 Å². The van der Waals surface area contributed by atoms with E-state index in [0.717, 1.165) is 54.4 Å². The van der Waals surface area contributed by atoms with Gasteiger partial charge in [-0.15, -0.1) is 0 Å². The van der Waals surface area contributed by atoms with Gasteiger partial charge in [-0.25, -0.2) is 4.98 Å². The van der Waals surface area contributed by atoms with Crippen molar-refractivity contribution in [3.05, 3.63) is 29.0 Å². The second-order valence-corrected chi connectivity index (χ2v) is 5.55. The molecule has 0 amide bonds. The van der Waals surface area contributed by atoms with Gasteiger partial charge >= 0.3 is 0 Å². The highest BCUT2D eigenvalue weighted by atomic mass is 35.5. The molecule has 0 saturated carbocycles. The van der Waals surface area contributed by atoms with Crippen molar-refractivity contribution in [3.8, 4) is 0 Å². The van der Waals surface area contributed by atoms with Gasteiger partial charge in [0, 0.05) is 6.54 Å². The average Bonchev–Trinajstić information content (AvgIpc) is 2.85. The summed E-state index contributed by atoms with van der Waals surface area (Å²) in [7, 11) is 0. The lowest BCUT2D eigenvalue weighted by atomic mass is 10.1. The molecule has 2 heterocycles.